The molecular weight excluding hydrogens is 378 g/mol. The number of aromatic hydroxyl groups is 1. The first-order valence-corrected chi connectivity index (χ1v) is 9.94. The van der Waals surface area contributed by atoms with E-state index in [-0.39, 0.29) is 17.6 Å². The third-order valence-corrected chi connectivity index (χ3v) is 6.38. The number of likely N-dealkylation sites (tertiary alicyclic amines) is 1. The van der Waals surface area contributed by atoms with E-state index in [0.717, 1.165) is 16.8 Å². The standard InChI is InChI=1S/C24H21N3O3/c1-15-17(7-4-10-20(15)28)22(29)27-13-11-24(21(27)16-6-5-12-25-14-16)18-8-2-3-9-19(18)26-23(24)30/h2-10,12,14,21,28H,11,13H2,1H3,(H,26,30). The second-order valence-corrected chi connectivity index (χ2v) is 7.86. The Labute approximate surface area is 174 Å². The lowest BCUT2D eigenvalue weighted by molar-refractivity contribution is -0.121. The zero-order chi connectivity index (χ0) is 20.9. The molecule has 0 aliphatic carbocycles. The van der Waals surface area contributed by atoms with E-state index in [1.165, 1.54) is 0 Å². The molecule has 2 atom stereocenters. The molecule has 2 amide bonds. The first-order valence-electron chi connectivity index (χ1n) is 9.94. The van der Waals surface area contributed by atoms with Gasteiger partial charge in [-0.05, 0) is 48.7 Å². The Bertz CT molecular complexity index is 1160. The molecule has 1 aromatic heterocycles. The number of nitrogens with zero attached hydrogens (tertiary/aromatic N) is 2. The lowest BCUT2D eigenvalue weighted by Gasteiger charge is -2.34. The van der Waals surface area contributed by atoms with Crippen molar-refractivity contribution < 1.29 is 14.7 Å². The van der Waals surface area contributed by atoms with Crippen LogP contribution in [0.5, 0.6) is 5.75 Å². The molecule has 2 aromatic carbocycles. The summed E-state index contributed by atoms with van der Waals surface area (Å²) in [5, 5.41) is 13.1. The quantitative estimate of drug-likeness (QED) is 0.690. The number of rotatable bonds is 2. The second-order valence-electron chi connectivity index (χ2n) is 7.86. The van der Waals surface area contributed by atoms with Crippen molar-refractivity contribution in [1.29, 1.82) is 0 Å². The zero-order valence-corrected chi connectivity index (χ0v) is 16.5. The molecule has 5 rings (SSSR count). The maximum Gasteiger partial charge on any atom is 0.254 e. The molecule has 1 spiro atoms. The molecule has 0 bridgehead atoms. The molecular formula is C24H21N3O3. The lowest BCUT2D eigenvalue weighted by Crippen LogP contribution is -2.42. The largest absolute Gasteiger partial charge is 0.508 e. The van der Waals surface area contributed by atoms with E-state index >= 15 is 0 Å². The van der Waals surface area contributed by atoms with Crippen molar-refractivity contribution >= 4 is 17.5 Å². The van der Waals surface area contributed by atoms with Gasteiger partial charge in [-0.15, -0.1) is 0 Å². The minimum atomic E-state index is -0.875. The highest BCUT2D eigenvalue weighted by molar-refractivity contribution is 6.08. The number of aromatic nitrogens is 1. The predicted molar refractivity (Wildman–Crippen MR) is 112 cm³/mol. The number of carbonyl (C=O) groups excluding carboxylic acids is 2. The van der Waals surface area contributed by atoms with E-state index in [1.807, 2.05) is 36.4 Å². The van der Waals surface area contributed by atoms with Crippen LogP contribution in [0.3, 0.4) is 0 Å². The third kappa shape index (κ3) is 2.46. The van der Waals surface area contributed by atoms with Gasteiger partial charge < -0.3 is 15.3 Å². The fourth-order valence-corrected chi connectivity index (χ4v) is 4.92. The van der Waals surface area contributed by atoms with Gasteiger partial charge >= 0.3 is 0 Å². The van der Waals surface area contributed by atoms with Gasteiger partial charge in [0.05, 0.1) is 6.04 Å². The van der Waals surface area contributed by atoms with Crippen molar-refractivity contribution in [1.82, 2.24) is 9.88 Å². The molecule has 0 radical (unpaired) electrons. The number of phenolic OH excluding ortho intramolecular Hbond substituents is 1. The van der Waals surface area contributed by atoms with E-state index < -0.39 is 11.5 Å². The molecule has 2 aliphatic rings. The molecule has 2 aliphatic heterocycles. The Hall–Kier alpha value is -3.67. The Morgan fingerprint density at radius 3 is 2.80 bits per heavy atom. The number of amides is 2. The van der Waals surface area contributed by atoms with Gasteiger partial charge in [-0.2, -0.15) is 0 Å². The van der Waals surface area contributed by atoms with Crippen molar-refractivity contribution in [3.63, 3.8) is 0 Å². The van der Waals surface area contributed by atoms with Crippen LogP contribution >= 0.6 is 0 Å². The summed E-state index contributed by atoms with van der Waals surface area (Å²) in [5.41, 5.74) is 2.61. The van der Waals surface area contributed by atoms with Crippen LogP contribution in [-0.2, 0) is 10.2 Å². The summed E-state index contributed by atoms with van der Waals surface area (Å²) in [4.78, 5) is 33.0. The van der Waals surface area contributed by atoms with Gasteiger partial charge in [0.2, 0.25) is 5.91 Å². The highest BCUT2D eigenvalue weighted by atomic mass is 16.3. The fraction of sp³-hybridized carbons (Fsp3) is 0.208. The van der Waals surface area contributed by atoms with Crippen LogP contribution in [0.25, 0.3) is 0 Å². The van der Waals surface area contributed by atoms with Gasteiger partial charge in [0.15, 0.2) is 0 Å². The van der Waals surface area contributed by atoms with Gasteiger partial charge in [-0.3, -0.25) is 14.6 Å². The summed E-state index contributed by atoms with van der Waals surface area (Å²) in [5.74, 6) is -0.219. The highest BCUT2D eigenvalue weighted by Gasteiger charge is 2.59. The van der Waals surface area contributed by atoms with Crippen molar-refractivity contribution in [3.05, 3.63) is 89.2 Å². The summed E-state index contributed by atoms with van der Waals surface area (Å²) < 4.78 is 0. The zero-order valence-electron chi connectivity index (χ0n) is 16.5. The van der Waals surface area contributed by atoms with Gasteiger partial charge in [0.1, 0.15) is 11.2 Å². The number of hydrogen-bond donors (Lipinski definition) is 2. The molecule has 2 N–H and O–H groups in total. The van der Waals surface area contributed by atoms with Crippen LogP contribution in [0.2, 0.25) is 0 Å². The van der Waals surface area contributed by atoms with Crippen LogP contribution < -0.4 is 5.32 Å². The SMILES string of the molecule is Cc1c(O)cccc1C(=O)N1CCC2(C(=O)Nc3ccccc32)C1c1cccnc1. The van der Waals surface area contributed by atoms with E-state index in [4.69, 9.17) is 0 Å². The van der Waals surface area contributed by atoms with Crippen LogP contribution in [0.15, 0.2) is 67.0 Å². The number of hydrogen-bond acceptors (Lipinski definition) is 4. The summed E-state index contributed by atoms with van der Waals surface area (Å²) in [6.07, 6.45) is 3.92. The highest BCUT2D eigenvalue weighted by Crippen LogP contribution is 2.54. The van der Waals surface area contributed by atoms with Gasteiger partial charge in [-0.1, -0.05) is 30.3 Å². The first-order chi connectivity index (χ1) is 14.5. The Morgan fingerprint density at radius 1 is 1.17 bits per heavy atom. The maximum absolute atomic E-state index is 13.6. The summed E-state index contributed by atoms with van der Waals surface area (Å²) in [7, 11) is 0. The molecule has 6 nitrogen and oxygen atoms in total. The van der Waals surface area contributed by atoms with Gasteiger partial charge in [0.25, 0.3) is 5.91 Å². The number of anilines is 1. The average Bonchev–Trinajstić information content (AvgIpc) is 3.30. The minimum Gasteiger partial charge on any atom is -0.508 e. The van der Waals surface area contributed by atoms with Gasteiger partial charge in [-0.25, -0.2) is 0 Å². The summed E-state index contributed by atoms with van der Waals surface area (Å²) in [6.45, 7) is 2.15. The predicted octanol–water partition coefficient (Wildman–Crippen LogP) is 3.57. The summed E-state index contributed by atoms with van der Waals surface area (Å²) >= 11 is 0. The lowest BCUT2D eigenvalue weighted by atomic mass is 9.73. The molecule has 30 heavy (non-hydrogen) atoms. The third-order valence-electron chi connectivity index (χ3n) is 6.38. The number of nitrogens with one attached hydrogen (secondary N) is 1. The molecule has 6 heteroatoms. The van der Waals surface area contributed by atoms with E-state index in [9.17, 15) is 14.7 Å². The molecule has 1 fully saturated rings. The molecule has 150 valence electrons. The van der Waals surface area contributed by atoms with Crippen LogP contribution in [0.1, 0.15) is 39.5 Å². The molecule has 3 aromatic rings. The topological polar surface area (TPSA) is 82.5 Å². The molecule has 2 unspecified atom stereocenters. The van der Waals surface area contributed by atoms with Crippen molar-refractivity contribution in [3.8, 4) is 5.75 Å². The van der Waals surface area contributed by atoms with Crippen molar-refractivity contribution in [2.75, 3.05) is 11.9 Å². The van der Waals surface area contributed by atoms with Crippen LogP contribution in [0.4, 0.5) is 5.69 Å². The monoisotopic (exact) mass is 399 g/mol. The minimum absolute atomic E-state index is 0.0802. The van der Waals surface area contributed by atoms with E-state index in [1.54, 1.807) is 42.4 Å². The smallest absolute Gasteiger partial charge is 0.254 e. The Balaban J connectivity index is 1.68. The fourth-order valence-electron chi connectivity index (χ4n) is 4.92. The number of carbonyl (C=O) groups is 2. The first kappa shape index (κ1) is 18.4. The second kappa shape index (κ2) is 6.69. The number of phenols is 1. The number of para-hydroxylation sites is 1. The number of fused-ring (bicyclic) bond motifs is 2. The number of pyridine rings is 1. The Morgan fingerprint density at radius 2 is 2.00 bits per heavy atom. The van der Waals surface area contributed by atoms with Crippen LogP contribution in [0, 0.1) is 6.92 Å². The van der Waals surface area contributed by atoms with Crippen LogP contribution in [-0.4, -0.2) is 33.3 Å². The van der Waals surface area contributed by atoms with E-state index in [0.29, 0.717) is 24.1 Å². The summed E-state index contributed by atoms with van der Waals surface area (Å²) in [6, 6.07) is 15.9. The van der Waals surface area contributed by atoms with Gasteiger partial charge in [0, 0.05) is 35.8 Å². The molecule has 3 heterocycles. The van der Waals surface area contributed by atoms with Crippen molar-refractivity contribution in [2.24, 2.45) is 0 Å². The van der Waals surface area contributed by atoms with E-state index in [2.05, 4.69) is 10.3 Å². The Kier molecular flexibility index (Phi) is 4.10. The molecule has 0 saturated carbocycles. The van der Waals surface area contributed by atoms with Crippen molar-refractivity contribution in [2.45, 2.75) is 24.8 Å². The number of benzene rings is 2. The molecule has 1 saturated heterocycles. The maximum atomic E-state index is 13.6. The normalized spacial score (nSPS) is 22.2. The average molecular weight is 399 g/mol.